The van der Waals surface area contributed by atoms with Crippen molar-refractivity contribution in [3.63, 3.8) is 0 Å². The van der Waals surface area contributed by atoms with Gasteiger partial charge in [-0.15, -0.1) is 0 Å². The molecule has 8 heteroatoms. The summed E-state index contributed by atoms with van der Waals surface area (Å²) in [5, 5.41) is 3.21. The van der Waals surface area contributed by atoms with Gasteiger partial charge in [0, 0.05) is 14.8 Å². The highest BCUT2D eigenvalue weighted by Crippen LogP contribution is 2.33. The van der Waals surface area contributed by atoms with Crippen LogP contribution in [0.15, 0.2) is 88.7 Å². The summed E-state index contributed by atoms with van der Waals surface area (Å²) in [5.74, 6) is -0.448. The van der Waals surface area contributed by atoms with Gasteiger partial charge in [0.1, 0.15) is 6.54 Å². The Bertz CT molecular complexity index is 1110. The SMILES string of the molecule is CS(=O)(=O)N(CC(=O)Nc1ccccc1Sc1ccccc1)c1cccc(Cl)c1. The molecular formula is C21H19ClN2O3S2. The molecule has 1 N–H and O–H groups in total. The van der Waals surface area contributed by atoms with Crippen molar-refractivity contribution >= 4 is 50.7 Å². The van der Waals surface area contributed by atoms with Crippen LogP contribution in [-0.2, 0) is 14.8 Å². The number of halogens is 1. The van der Waals surface area contributed by atoms with Crippen LogP contribution in [0.4, 0.5) is 11.4 Å². The number of benzene rings is 3. The van der Waals surface area contributed by atoms with E-state index < -0.39 is 15.9 Å². The Balaban J connectivity index is 1.79. The van der Waals surface area contributed by atoms with E-state index in [2.05, 4.69) is 5.32 Å². The predicted molar refractivity (Wildman–Crippen MR) is 119 cm³/mol. The van der Waals surface area contributed by atoms with Crippen LogP contribution in [0.1, 0.15) is 0 Å². The number of hydrogen-bond donors (Lipinski definition) is 1. The average molecular weight is 447 g/mol. The number of anilines is 2. The first kappa shape index (κ1) is 21.2. The molecule has 5 nitrogen and oxygen atoms in total. The van der Waals surface area contributed by atoms with E-state index in [0.29, 0.717) is 16.4 Å². The third-order valence-corrected chi connectivity index (χ3v) is 6.38. The van der Waals surface area contributed by atoms with Gasteiger partial charge in [-0.2, -0.15) is 0 Å². The topological polar surface area (TPSA) is 66.5 Å². The van der Waals surface area contributed by atoms with Crippen molar-refractivity contribution in [2.45, 2.75) is 9.79 Å². The second-order valence-electron chi connectivity index (χ2n) is 6.21. The molecule has 0 saturated heterocycles. The van der Waals surface area contributed by atoms with Gasteiger partial charge in [-0.3, -0.25) is 9.10 Å². The summed E-state index contributed by atoms with van der Waals surface area (Å²) in [5.41, 5.74) is 0.952. The van der Waals surface area contributed by atoms with Crippen LogP contribution in [0.5, 0.6) is 0 Å². The minimum atomic E-state index is -3.67. The van der Waals surface area contributed by atoms with Crippen molar-refractivity contribution in [3.8, 4) is 0 Å². The van der Waals surface area contributed by atoms with E-state index in [1.54, 1.807) is 24.3 Å². The summed E-state index contributed by atoms with van der Waals surface area (Å²) < 4.78 is 25.5. The van der Waals surface area contributed by atoms with E-state index in [1.807, 2.05) is 48.5 Å². The number of para-hydroxylation sites is 1. The highest BCUT2D eigenvalue weighted by molar-refractivity contribution is 7.99. The molecule has 0 aliphatic rings. The van der Waals surface area contributed by atoms with Crippen LogP contribution in [0, 0.1) is 0 Å². The largest absolute Gasteiger partial charge is 0.323 e. The lowest BCUT2D eigenvalue weighted by molar-refractivity contribution is -0.114. The Morgan fingerprint density at radius 2 is 1.69 bits per heavy atom. The standard InChI is InChI=1S/C21H19ClN2O3S2/c1-29(26,27)24(17-9-7-8-16(22)14-17)15-21(25)23-19-12-5-6-13-20(19)28-18-10-3-2-4-11-18/h2-14H,15H2,1H3,(H,23,25). The Hall–Kier alpha value is -2.48. The van der Waals surface area contributed by atoms with E-state index in [9.17, 15) is 13.2 Å². The Kier molecular flexibility index (Phi) is 6.84. The first-order valence-electron chi connectivity index (χ1n) is 8.68. The smallest absolute Gasteiger partial charge is 0.245 e. The number of nitrogens with one attached hydrogen (secondary N) is 1. The third-order valence-electron chi connectivity index (χ3n) is 3.92. The van der Waals surface area contributed by atoms with Gasteiger partial charge in [0.15, 0.2) is 0 Å². The molecule has 0 bridgehead atoms. The Labute approximate surface area is 179 Å². The van der Waals surface area contributed by atoms with Gasteiger partial charge in [0.2, 0.25) is 15.9 Å². The summed E-state index contributed by atoms with van der Waals surface area (Å²) in [4.78, 5) is 14.6. The van der Waals surface area contributed by atoms with Gasteiger partial charge >= 0.3 is 0 Å². The van der Waals surface area contributed by atoms with Crippen molar-refractivity contribution in [3.05, 3.63) is 83.9 Å². The molecule has 0 aliphatic heterocycles. The van der Waals surface area contributed by atoms with Crippen LogP contribution in [-0.4, -0.2) is 27.1 Å². The lowest BCUT2D eigenvalue weighted by Crippen LogP contribution is -2.37. The molecule has 0 fully saturated rings. The van der Waals surface area contributed by atoms with E-state index in [1.165, 1.54) is 17.8 Å². The number of rotatable bonds is 7. The van der Waals surface area contributed by atoms with Gasteiger partial charge < -0.3 is 5.32 Å². The molecule has 0 unspecified atom stereocenters. The molecule has 0 spiro atoms. The van der Waals surface area contributed by atoms with Crippen LogP contribution >= 0.6 is 23.4 Å². The van der Waals surface area contributed by atoms with Crippen LogP contribution < -0.4 is 9.62 Å². The molecule has 150 valence electrons. The van der Waals surface area contributed by atoms with Gasteiger partial charge in [0.25, 0.3) is 0 Å². The van der Waals surface area contributed by atoms with Crippen molar-refractivity contribution in [2.24, 2.45) is 0 Å². The van der Waals surface area contributed by atoms with E-state index in [4.69, 9.17) is 11.6 Å². The molecule has 0 aliphatic carbocycles. The molecule has 29 heavy (non-hydrogen) atoms. The number of carbonyl (C=O) groups excluding carboxylic acids is 1. The number of sulfonamides is 1. The summed E-state index contributed by atoms with van der Waals surface area (Å²) in [6.45, 7) is -0.358. The zero-order chi connectivity index (χ0) is 20.9. The second-order valence-corrected chi connectivity index (χ2v) is 9.67. The molecule has 0 radical (unpaired) electrons. The minimum absolute atomic E-state index is 0.335. The van der Waals surface area contributed by atoms with E-state index in [-0.39, 0.29) is 6.54 Å². The average Bonchev–Trinajstić information content (AvgIpc) is 2.67. The van der Waals surface area contributed by atoms with Gasteiger partial charge in [-0.05, 0) is 42.5 Å². The summed E-state index contributed by atoms with van der Waals surface area (Å²) >= 11 is 7.49. The molecular weight excluding hydrogens is 428 g/mol. The predicted octanol–water partition coefficient (Wildman–Crippen LogP) is 4.90. The maximum atomic E-state index is 12.7. The van der Waals surface area contributed by atoms with Crippen molar-refractivity contribution in [2.75, 3.05) is 22.4 Å². The first-order chi connectivity index (χ1) is 13.8. The highest BCUT2D eigenvalue weighted by Gasteiger charge is 2.21. The molecule has 1 amide bonds. The summed E-state index contributed by atoms with van der Waals surface area (Å²) in [7, 11) is -3.67. The number of hydrogen-bond acceptors (Lipinski definition) is 4. The van der Waals surface area contributed by atoms with Gasteiger partial charge in [-0.1, -0.05) is 59.8 Å². The minimum Gasteiger partial charge on any atom is -0.323 e. The molecule has 0 heterocycles. The second kappa shape index (κ2) is 9.35. The molecule has 3 aromatic rings. The zero-order valence-electron chi connectivity index (χ0n) is 15.6. The van der Waals surface area contributed by atoms with Crippen molar-refractivity contribution in [1.29, 1.82) is 0 Å². The van der Waals surface area contributed by atoms with E-state index >= 15 is 0 Å². The molecule has 3 rings (SSSR count). The van der Waals surface area contributed by atoms with Gasteiger partial charge in [-0.25, -0.2) is 8.42 Å². The van der Waals surface area contributed by atoms with Crippen LogP contribution in [0.25, 0.3) is 0 Å². The quantitative estimate of drug-likeness (QED) is 0.560. The van der Waals surface area contributed by atoms with Crippen LogP contribution in [0.2, 0.25) is 5.02 Å². The van der Waals surface area contributed by atoms with Crippen molar-refractivity contribution in [1.82, 2.24) is 0 Å². The summed E-state index contributed by atoms with van der Waals surface area (Å²) in [6.07, 6.45) is 1.06. The highest BCUT2D eigenvalue weighted by atomic mass is 35.5. The maximum absolute atomic E-state index is 12.7. The normalized spacial score (nSPS) is 11.1. The molecule has 0 saturated carbocycles. The fraction of sp³-hybridized carbons (Fsp3) is 0.0952. The number of carbonyl (C=O) groups is 1. The third kappa shape index (κ3) is 6.00. The first-order valence-corrected chi connectivity index (χ1v) is 11.7. The van der Waals surface area contributed by atoms with Crippen molar-refractivity contribution < 1.29 is 13.2 Å². The monoisotopic (exact) mass is 446 g/mol. The van der Waals surface area contributed by atoms with Crippen LogP contribution in [0.3, 0.4) is 0 Å². The molecule has 0 aromatic heterocycles. The lowest BCUT2D eigenvalue weighted by Gasteiger charge is -2.22. The fourth-order valence-electron chi connectivity index (χ4n) is 2.63. The van der Waals surface area contributed by atoms with Gasteiger partial charge in [0.05, 0.1) is 17.6 Å². The number of nitrogens with zero attached hydrogens (tertiary/aromatic N) is 1. The lowest BCUT2D eigenvalue weighted by atomic mass is 10.3. The summed E-state index contributed by atoms with van der Waals surface area (Å²) in [6, 6.07) is 23.6. The molecule has 0 atom stereocenters. The Morgan fingerprint density at radius 3 is 2.38 bits per heavy atom. The Morgan fingerprint density at radius 1 is 1.00 bits per heavy atom. The maximum Gasteiger partial charge on any atom is 0.245 e. The fourth-order valence-corrected chi connectivity index (χ4v) is 4.58. The van der Waals surface area contributed by atoms with E-state index in [0.717, 1.165) is 20.4 Å². The zero-order valence-corrected chi connectivity index (χ0v) is 18.0. The molecule has 3 aromatic carbocycles. The number of amides is 1.